The number of nitrogen functional groups attached to an aromatic ring is 1. The lowest BCUT2D eigenvalue weighted by Gasteiger charge is -2.02. The Balaban J connectivity index is 1.87. The highest BCUT2D eigenvalue weighted by Crippen LogP contribution is 2.28. The molecule has 110 valence electrons. The molecule has 0 unspecified atom stereocenters. The number of nitrogens with two attached hydrogens (primary N) is 1. The van der Waals surface area contributed by atoms with E-state index in [9.17, 15) is 0 Å². The van der Waals surface area contributed by atoms with Crippen LogP contribution in [-0.2, 0) is 0 Å². The first-order chi connectivity index (χ1) is 11.3. The first-order valence-electron chi connectivity index (χ1n) is 7.04. The molecule has 3 aromatic heterocycles. The fraction of sp³-hybridized carbons (Fsp3) is 0. The number of rotatable bonds is 2. The number of aromatic nitrogens is 4. The number of nitrogens with one attached hydrogen (secondary N) is 1. The van der Waals surface area contributed by atoms with Crippen molar-refractivity contribution in [1.29, 1.82) is 5.26 Å². The van der Waals surface area contributed by atoms with Crippen LogP contribution in [0.15, 0.2) is 55.0 Å². The highest BCUT2D eigenvalue weighted by atomic mass is 15.3. The molecule has 4 rings (SSSR count). The van der Waals surface area contributed by atoms with Gasteiger partial charge in [-0.1, -0.05) is 12.1 Å². The van der Waals surface area contributed by atoms with E-state index in [0.717, 1.165) is 27.8 Å². The topological polar surface area (TPSA) is 96.3 Å². The summed E-state index contributed by atoms with van der Waals surface area (Å²) in [5, 5.41) is 14.4. The van der Waals surface area contributed by atoms with Gasteiger partial charge in [0.15, 0.2) is 5.82 Å². The van der Waals surface area contributed by atoms with Crippen LogP contribution in [-0.4, -0.2) is 19.7 Å². The van der Waals surface area contributed by atoms with Crippen molar-refractivity contribution in [2.24, 2.45) is 0 Å². The van der Waals surface area contributed by atoms with Gasteiger partial charge in [0.1, 0.15) is 5.65 Å². The average molecular weight is 300 g/mol. The first kappa shape index (κ1) is 13.1. The number of nitriles is 1. The third-order valence-corrected chi connectivity index (χ3v) is 3.73. The predicted octanol–water partition coefficient (Wildman–Crippen LogP) is 2.87. The van der Waals surface area contributed by atoms with E-state index >= 15 is 0 Å². The molecule has 0 bridgehead atoms. The van der Waals surface area contributed by atoms with Crippen LogP contribution in [0.25, 0.3) is 27.8 Å². The molecule has 4 aromatic rings. The zero-order chi connectivity index (χ0) is 15.8. The summed E-state index contributed by atoms with van der Waals surface area (Å²) < 4.78 is 1.74. The number of pyridine rings is 1. The van der Waals surface area contributed by atoms with Crippen molar-refractivity contribution in [3.8, 4) is 22.9 Å². The molecule has 0 aliphatic heterocycles. The Labute approximate surface area is 131 Å². The van der Waals surface area contributed by atoms with Crippen LogP contribution in [0.5, 0.6) is 0 Å². The number of H-pyrrole nitrogens is 1. The Morgan fingerprint density at radius 1 is 1.22 bits per heavy atom. The summed E-state index contributed by atoms with van der Waals surface area (Å²) in [6, 6.07) is 13.3. The minimum Gasteiger partial charge on any atom is -0.382 e. The molecular formula is C17H12N6. The lowest BCUT2D eigenvalue weighted by Crippen LogP contribution is -1.97. The highest BCUT2D eigenvalue weighted by molar-refractivity contribution is 5.85. The first-order valence-corrected chi connectivity index (χ1v) is 7.04. The van der Waals surface area contributed by atoms with Gasteiger partial charge in [-0.25, -0.2) is 9.67 Å². The molecule has 1 aromatic carbocycles. The largest absolute Gasteiger partial charge is 0.382 e. The van der Waals surface area contributed by atoms with E-state index in [1.54, 1.807) is 23.0 Å². The number of fused-ring (bicyclic) bond motifs is 1. The predicted molar refractivity (Wildman–Crippen MR) is 87.8 cm³/mol. The SMILES string of the molecule is N#Cc1cccc(-c2cn(-c3ccnc4[nH]ccc34)nc2N)c1. The van der Waals surface area contributed by atoms with Crippen LogP contribution in [0, 0.1) is 11.3 Å². The number of anilines is 1. The smallest absolute Gasteiger partial charge is 0.153 e. The van der Waals surface area contributed by atoms with Gasteiger partial charge in [-0.05, 0) is 29.8 Å². The van der Waals surface area contributed by atoms with E-state index in [0.29, 0.717) is 11.4 Å². The lowest BCUT2D eigenvalue weighted by molar-refractivity contribution is 0.892. The van der Waals surface area contributed by atoms with E-state index in [1.807, 2.05) is 36.7 Å². The summed E-state index contributed by atoms with van der Waals surface area (Å²) in [6.45, 7) is 0. The molecule has 0 saturated heterocycles. The Bertz CT molecular complexity index is 1050. The Morgan fingerprint density at radius 2 is 2.13 bits per heavy atom. The number of benzene rings is 1. The van der Waals surface area contributed by atoms with Gasteiger partial charge < -0.3 is 10.7 Å². The van der Waals surface area contributed by atoms with E-state index < -0.39 is 0 Å². The van der Waals surface area contributed by atoms with Crippen LogP contribution in [0.2, 0.25) is 0 Å². The van der Waals surface area contributed by atoms with E-state index in [1.165, 1.54) is 0 Å². The zero-order valence-electron chi connectivity index (χ0n) is 12.1. The van der Waals surface area contributed by atoms with Crippen molar-refractivity contribution in [2.45, 2.75) is 0 Å². The Kier molecular flexibility index (Phi) is 2.85. The van der Waals surface area contributed by atoms with Crippen LogP contribution in [0.4, 0.5) is 5.82 Å². The fourth-order valence-corrected chi connectivity index (χ4v) is 2.64. The molecule has 0 saturated carbocycles. The number of hydrogen-bond acceptors (Lipinski definition) is 4. The molecule has 0 atom stereocenters. The number of hydrogen-bond donors (Lipinski definition) is 2. The summed E-state index contributed by atoms with van der Waals surface area (Å²) >= 11 is 0. The van der Waals surface area contributed by atoms with Gasteiger partial charge >= 0.3 is 0 Å². The van der Waals surface area contributed by atoms with Gasteiger partial charge in [-0.15, -0.1) is 0 Å². The summed E-state index contributed by atoms with van der Waals surface area (Å²) in [5.41, 5.74) is 10.0. The Morgan fingerprint density at radius 3 is 3.00 bits per heavy atom. The highest BCUT2D eigenvalue weighted by Gasteiger charge is 2.12. The molecule has 3 heterocycles. The second-order valence-corrected chi connectivity index (χ2v) is 5.14. The monoisotopic (exact) mass is 300 g/mol. The van der Waals surface area contributed by atoms with Gasteiger partial charge in [0.25, 0.3) is 0 Å². The summed E-state index contributed by atoms with van der Waals surface area (Å²) in [7, 11) is 0. The molecule has 3 N–H and O–H groups in total. The summed E-state index contributed by atoms with van der Waals surface area (Å²) in [5.74, 6) is 0.417. The minimum absolute atomic E-state index is 0.417. The molecule has 0 aliphatic carbocycles. The van der Waals surface area contributed by atoms with Gasteiger partial charge in [0, 0.05) is 29.5 Å². The van der Waals surface area contributed by atoms with Gasteiger partial charge in [0.05, 0.1) is 17.3 Å². The number of aromatic amines is 1. The quantitative estimate of drug-likeness (QED) is 0.595. The third kappa shape index (κ3) is 2.12. The Hall–Kier alpha value is -3.59. The van der Waals surface area contributed by atoms with Crippen molar-refractivity contribution in [1.82, 2.24) is 19.7 Å². The second-order valence-electron chi connectivity index (χ2n) is 5.14. The average Bonchev–Trinajstić information content (AvgIpc) is 3.21. The van der Waals surface area contributed by atoms with Crippen molar-refractivity contribution in [2.75, 3.05) is 5.73 Å². The van der Waals surface area contributed by atoms with E-state index in [2.05, 4.69) is 21.1 Å². The lowest BCUT2D eigenvalue weighted by atomic mass is 10.1. The second kappa shape index (κ2) is 5.00. The molecule has 6 nitrogen and oxygen atoms in total. The third-order valence-electron chi connectivity index (χ3n) is 3.73. The zero-order valence-corrected chi connectivity index (χ0v) is 12.1. The van der Waals surface area contributed by atoms with E-state index in [4.69, 9.17) is 11.0 Å². The van der Waals surface area contributed by atoms with Gasteiger partial charge in [-0.3, -0.25) is 0 Å². The molecule has 6 heteroatoms. The van der Waals surface area contributed by atoms with Gasteiger partial charge in [0.2, 0.25) is 0 Å². The summed E-state index contributed by atoms with van der Waals surface area (Å²) in [4.78, 5) is 7.35. The maximum absolute atomic E-state index is 9.04. The van der Waals surface area contributed by atoms with Gasteiger partial charge in [-0.2, -0.15) is 10.4 Å². The van der Waals surface area contributed by atoms with Crippen LogP contribution < -0.4 is 5.73 Å². The van der Waals surface area contributed by atoms with Crippen molar-refractivity contribution in [3.63, 3.8) is 0 Å². The minimum atomic E-state index is 0.417. The maximum Gasteiger partial charge on any atom is 0.153 e. The summed E-state index contributed by atoms with van der Waals surface area (Å²) in [6.07, 6.45) is 5.43. The van der Waals surface area contributed by atoms with Crippen molar-refractivity contribution < 1.29 is 0 Å². The fourth-order valence-electron chi connectivity index (χ4n) is 2.64. The maximum atomic E-state index is 9.04. The molecule has 23 heavy (non-hydrogen) atoms. The molecule has 0 amide bonds. The van der Waals surface area contributed by atoms with Crippen molar-refractivity contribution in [3.05, 3.63) is 60.6 Å². The van der Waals surface area contributed by atoms with E-state index in [-0.39, 0.29) is 0 Å². The molecular weight excluding hydrogens is 288 g/mol. The van der Waals surface area contributed by atoms with Crippen LogP contribution >= 0.6 is 0 Å². The molecule has 0 fully saturated rings. The molecule has 0 spiro atoms. The molecule has 0 aliphatic rings. The number of nitrogens with zero attached hydrogens (tertiary/aromatic N) is 4. The standard InChI is InChI=1S/C17H12N6/c18-9-11-2-1-3-12(8-11)14-10-23(22-16(14)19)15-5-7-21-17-13(15)4-6-20-17/h1-8,10H,(H2,19,22)(H,20,21). The van der Waals surface area contributed by atoms with Crippen LogP contribution in [0.3, 0.4) is 0 Å². The van der Waals surface area contributed by atoms with Crippen LogP contribution in [0.1, 0.15) is 5.56 Å². The normalized spacial score (nSPS) is 10.7. The molecule has 0 radical (unpaired) electrons. The van der Waals surface area contributed by atoms with Crippen molar-refractivity contribution >= 4 is 16.9 Å².